The van der Waals surface area contributed by atoms with Crippen molar-refractivity contribution in [3.05, 3.63) is 195 Å². The van der Waals surface area contributed by atoms with E-state index in [-0.39, 0.29) is 42.2 Å². The SMILES string of the molecule is Cc1cccnc1[C@@H]1CCC[C@H](c2nc3ccccn3c2CC2CCN(Cc3cccn4c(CC5CCN(CCc6cccn7c(CC8CCN(CC(F)(F)F)CC8)c([C@H]8CCC[C@@H](c9ncccc9C)N8C)nc67)CC5)c([C@H]5CCC[C@@H](c6ncccc6C)N5C)nc34)CC2)N1C. The highest BCUT2D eigenvalue weighted by Gasteiger charge is 2.40. The van der Waals surface area contributed by atoms with Gasteiger partial charge in [-0.3, -0.25) is 39.5 Å². The molecule has 6 aliphatic rings. The second-order valence-electron chi connectivity index (χ2n) is 30.4. The molecule has 15 rings (SSSR count). The number of hydrogen-bond acceptors (Lipinski definition) is 12. The monoisotopic (exact) mass is 1330 g/mol. The summed E-state index contributed by atoms with van der Waals surface area (Å²) in [6, 6.07) is 29.5. The van der Waals surface area contributed by atoms with Crippen molar-refractivity contribution in [1.29, 1.82) is 0 Å². The Bertz CT molecular complexity index is 4210. The van der Waals surface area contributed by atoms with Gasteiger partial charge in [-0.1, -0.05) is 36.4 Å². The molecule has 0 aromatic carbocycles. The molecule has 0 bridgehead atoms. The van der Waals surface area contributed by atoms with Gasteiger partial charge in [0.25, 0.3) is 0 Å². The van der Waals surface area contributed by atoms with Crippen molar-refractivity contribution in [3.8, 4) is 0 Å². The first-order valence-electron chi connectivity index (χ1n) is 37.2. The molecule has 9 aromatic rings. The third kappa shape index (κ3) is 13.9. The molecule has 0 saturated carbocycles. The van der Waals surface area contributed by atoms with Gasteiger partial charge in [-0.2, -0.15) is 13.2 Å². The average Bonchev–Trinajstić information content (AvgIpc) is 1.57. The smallest absolute Gasteiger partial charge is 0.304 e. The normalized spacial score (nSPS) is 24.1. The van der Waals surface area contributed by atoms with Crippen LogP contribution in [0.1, 0.15) is 212 Å². The molecule has 518 valence electrons. The molecule has 6 saturated heterocycles. The van der Waals surface area contributed by atoms with Crippen molar-refractivity contribution in [1.82, 2.24) is 72.5 Å². The summed E-state index contributed by atoms with van der Waals surface area (Å²) < 4.78 is 47.8. The Kier molecular flexibility index (Phi) is 19.8. The Morgan fingerprint density at radius 1 is 0.398 bits per heavy atom. The van der Waals surface area contributed by atoms with E-state index in [1.54, 1.807) is 4.90 Å². The van der Waals surface area contributed by atoms with Crippen molar-refractivity contribution in [2.24, 2.45) is 17.8 Å². The van der Waals surface area contributed by atoms with Crippen LogP contribution in [0, 0.1) is 38.5 Å². The maximum absolute atomic E-state index is 13.5. The van der Waals surface area contributed by atoms with Crippen LogP contribution in [0.15, 0.2) is 116 Å². The number of imidazole rings is 3. The summed E-state index contributed by atoms with van der Waals surface area (Å²) in [6.45, 7) is 12.8. The van der Waals surface area contributed by atoms with Gasteiger partial charge in [0.1, 0.15) is 16.9 Å². The molecule has 0 radical (unpaired) electrons. The van der Waals surface area contributed by atoms with E-state index in [2.05, 4.69) is 171 Å². The summed E-state index contributed by atoms with van der Waals surface area (Å²) in [5.74, 6) is 1.39. The van der Waals surface area contributed by atoms with E-state index >= 15 is 0 Å². The standard InChI is InChI=1S/C80H102F3N15/c1-54-17-12-36-84-72(54)62-22-9-25-65(90(62)4)75-68(96-39-8-7-28-71(96)87-75)49-58-31-44-94(45-32-58)52-61-21-16-41-98-70(77(89-79(61)98)67-27-11-24-64(92(67)6)74-56(3)19-14-38-86-74)50-57-29-42-93(43-30-57)48-35-60-20-15-40-97-69(51-59-33-46-95(47-34-59)53-80(81,82)83)76(88-78(60)97)66-26-10-23-63(91(66)5)73-55(2)18-13-37-85-73/h7-8,12-21,28,36-41,57-59,62-67H,9-11,22-27,29-35,42-53H2,1-6H3/t62-,63-,64-,65+,66+,67+/m0/s1. The first-order chi connectivity index (χ1) is 47.7. The number of likely N-dealkylation sites (tertiary alicyclic amines) is 6. The van der Waals surface area contributed by atoms with E-state index in [1.807, 2.05) is 24.7 Å². The number of aromatic nitrogens is 9. The molecule has 6 atom stereocenters. The van der Waals surface area contributed by atoms with Gasteiger partial charge >= 0.3 is 6.18 Å². The predicted octanol–water partition coefficient (Wildman–Crippen LogP) is 15.2. The second-order valence-corrected chi connectivity index (χ2v) is 30.4. The largest absolute Gasteiger partial charge is 0.401 e. The third-order valence-corrected chi connectivity index (χ3v) is 24.3. The van der Waals surface area contributed by atoms with Crippen molar-refractivity contribution < 1.29 is 13.2 Å². The van der Waals surface area contributed by atoms with E-state index in [4.69, 9.17) is 29.9 Å². The highest BCUT2D eigenvalue weighted by molar-refractivity contribution is 5.54. The van der Waals surface area contributed by atoms with Gasteiger partial charge in [0.05, 0.1) is 77.0 Å². The number of halogens is 3. The molecule has 6 aliphatic heterocycles. The Labute approximate surface area is 577 Å². The minimum Gasteiger partial charge on any atom is -0.304 e. The molecule has 9 aromatic heterocycles. The molecule has 0 amide bonds. The Morgan fingerprint density at radius 2 is 0.786 bits per heavy atom. The van der Waals surface area contributed by atoms with Gasteiger partial charge in [0.15, 0.2) is 0 Å². The van der Waals surface area contributed by atoms with Crippen LogP contribution in [0.3, 0.4) is 0 Å². The van der Waals surface area contributed by atoms with Gasteiger partial charge in [-0.05, 0) is 286 Å². The maximum atomic E-state index is 13.5. The molecular weight excluding hydrogens is 1230 g/mol. The van der Waals surface area contributed by atoms with Gasteiger partial charge in [-0.15, -0.1) is 0 Å². The highest BCUT2D eigenvalue weighted by Crippen LogP contribution is 2.46. The van der Waals surface area contributed by atoms with Crippen LogP contribution >= 0.6 is 0 Å². The van der Waals surface area contributed by atoms with Crippen molar-refractivity contribution in [3.63, 3.8) is 0 Å². The first kappa shape index (κ1) is 66.9. The second kappa shape index (κ2) is 29.0. The fourth-order valence-corrected chi connectivity index (χ4v) is 18.8. The lowest BCUT2D eigenvalue weighted by atomic mass is 9.87. The molecule has 0 spiro atoms. The van der Waals surface area contributed by atoms with Crippen LogP contribution in [-0.2, 0) is 32.2 Å². The Balaban J connectivity index is 0.646. The molecule has 6 fully saturated rings. The van der Waals surface area contributed by atoms with Crippen molar-refractivity contribution >= 4 is 16.9 Å². The third-order valence-electron chi connectivity index (χ3n) is 24.3. The number of pyridine rings is 6. The molecule has 0 unspecified atom stereocenters. The van der Waals surface area contributed by atoms with Gasteiger partial charge in [0, 0.05) is 72.9 Å². The van der Waals surface area contributed by atoms with E-state index in [0.29, 0.717) is 24.9 Å². The van der Waals surface area contributed by atoms with E-state index in [1.165, 1.54) is 67.7 Å². The molecule has 0 N–H and O–H groups in total. The molecule has 18 heteroatoms. The number of nitrogens with zero attached hydrogens (tertiary/aromatic N) is 15. The summed E-state index contributed by atoms with van der Waals surface area (Å²) >= 11 is 0. The number of aryl methyl sites for hydroxylation is 3. The average molecular weight is 1330 g/mol. The number of piperidine rings is 6. The fraction of sp³-hybridized carbons (Fsp3) is 0.550. The zero-order valence-electron chi connectivity index (χ0n) is 58.8. The van der Waals surface area contributed by atoms with E-state index in [0.717, 1.165) is 190 Å². The zero-order valence-corrected chi connectivity index (χ0v) is 58.8. The topological polar surface area (TPSA) is 110 Å². The van der Waals surface area contributed by atoms with Crippen molar-refractivity contribution in [2.75, 3.05) is 73.5 Å². The minimum atomic E-state index is -4.18. The van der Waals surface area contributed by atoms with Gasteiger partial charge in [-0.25, -0.2) is 15.0 Å². The summed E-state index contributed by atoms with van der Waals surface area (Å²) in [4.78, 5) is 46.5. The van der Waals surface area contributed by atoms with Crippen LogP contribution in [0.25, 0.3) is 16.9 Å². The van der Waals surface area contributed by atoms with Crippen LogP contribution in [0.5, 0.6) is 0 Å². The number of fused-ring (bicyclic) bond motifs is 3. The number of rotatable bonds is 18. The lowest BCUT2D eigenvalue weighted by Crippen LogP contribution is -2.40. The Hall–Kier alpha value is -6.93. The fourth-order valence-electron chi connectivity index (χ4n) is 18.8. The summed E-state index contributed by atoms with van der Waals surface area (Å²) in [5.41, 5.74) is 20.7. The molecule has 15 nitrogen and oxygen atoms in total. The van der Waals surface area contributed by atoms with E-state index in [9.17, 15) is 13.2 Å². The predicted molar refractivity (Wildman–Crippen MR) is 381 cm³/mol. The summed E-state index contributed by atoms with van der Waals surface area (Å²) in [5, 5.41) is 0. The Morgan fingerprint density at radius 3 is 1.23 bits per heavy atom. The van der Waals surface area contributed by atoms with E-state index < -0.39 is 12.7 Å². The maximum Gasteiger partial charge on any atom is 0.401 e. The van der Waals surface area contributed by atoms with Crippen molar-refractivity contribution in [2.45, 2.75) is 192 Å². The number of alkyl halides is 3. The summed E-state index contributed by atoms with van der Waals surface area (Å²) in [6.07, 6.45) is 28.0. The lowest BCUT2D eigenvalue weighted by Gasteiger charge is -2.39. The number of hydrogen-bond donors (Lipinski definition) is 0. The van der Waals surface area contributed by atoms with Crippen LogP contribution in [0.4, 0.5) is 13.2 Å². The van der Waals surface area contributed by atoms with Gasteiger partial charge < -0.3 is 18.1 Å². The van der Waals surface area contributed by atoms with Crippen LogP contribution < -0.4 is 0 Å². The van der Waals surface area contributed by atoms with Crippen LogP contribution in [0.2, 0.25) is 0 Å². The molecule has 15 heterocycles. The first-order valence-corrected chi connectivity index (χ1v) is 37.2. The molecule has 0 aliphatic carbocycles. The quantitative estimate of drug-likeness (QED) is 0.0816. The van der Waals surface area contributed by atoms with Gasteiger partial charge in [0.2, 0.25) is 0 Å². The highest BCUT2D eigenvalue weighted by atomic mass is 19.4. The zero-order chi connectivity index (χ0) is 67.2. The lowest BCUT2D eigenvalue weighted by molar-refractivity contribution is -0.148. The molecule has 98 heavy (non-hydrogen) atoms. The minimum absolute atomic E-state index is 0.109. The molecular formula is C80H102F3N15. The summed E-state index contributed by atoms with van der Waals surface area (Å²) in [7, 11) is 6.88. The van der Waals surface area contributed by atoms with Crippen LogP contribution in [-0.4, -0.2) is 152 Å².